The molecule has 0 aliphatic carbocycles. The van der Waals surface area contributed by atoms with Crippen LogP contribution in [-0.4, -0.2) is 30.2 Å². The summed E-state index contributed by atoms with van der Waals surface area (Å²) in [5, 5.41) is 12.0. The third-order valence-electron chi connectivity index (χ3n) is 2.73. The lowest BCUT2D eigenvalue weighted by atomic mass is 10.0. The normalized spacial score (nSPS) is 14.9. The molecule has 0 spiro atoms. The monoisotopic (exact) mass is 230 g/mol. The second-order valence-corrected chi connectivity index (χ2v) is 4.79. The Balaban J connectivity index is 3.99. The van der Waals surface area contributed by atoms with E-state index in [9.17, 15) is 4.79 Å². The second kappa shape index (κ2) is 8.53. The van der Waals surface area contributed by atoms with Crippen LogP contribution in [0.4, 0.5) is 0 Å². The molecule has 96 valence electrons. The summed E-state index contributed by atoms with van der Waals surface area (Å²) < 4.78 is 0. The van der Waals surface area contributed by atoms with Gasteiger partial charge in [0.05, 0.1) is 12.6 Å². The van der Waals surface area contributed by atoms with Gasteiger partial charge in [-0.2, -0.15) is 0 Å². The predicted octanol–water partition coefficient (Wildman–Crippen LogP) is 0.885. The number of rotatable bonds is 8. The van der Waals surface area contributed by atoms with Gasteiger partial charge in [0.1, 0.15) is 0 Å². The van der Waals surface area contributed by atoms with Gasteiger partial charge in [0, 0.05) is 6.42 Å². The number of carbonyl (C=O) groups is 1. The Morgan fingerprint density at radius 2 is 2.06 bits per heavy atom. The molecule has 0 aromatic rings. The van der Waals surface area contributed by atoms with Crippen molar-refractivity contribution in [3.8, 4) is 0 Å². The molecule has 16 heavy (non-hydrogen) atoms. The molecule has 0 heterocycles. The molecule has 0 fully saturated rings. The summed E-state index contributed by atoms with van der Waals surface area (Å²) in [5.74, 6) is 0.712. The Bertz CT molecular complexity index is 191. The molecule has 4 nitrogen and oxygen atoms in total. The zero-order valence-corrected chi connectivity index (χ0v) is 10.7. The van der Waals surface area contributed by atoms with Gasteiger partial charge in [0.2, 0.25) is 5.91 Å². The molecular weight excluding hydrogens is 204 g/mol. The van der Waals surface area contributed by atoms with Gasteiger partial charge >= 0.3 is 0 Å². The Hall–Kier alpha value is -0.610. The average Bonchev–Trinajstić information content (AvgIpc) is 2.24. The Morgan fingerprint density at radius 1 is 1.44 bits per heavy atom. The van der Waals surface area contributed by atoms with Gasteiger partial charge in [0.15, 0.2) is 0 Å². The summed E-state index contributed by atoms with van der Waals surface area (Å²) in [6.07, 6.45) is 2.18. The van der Waals surface area contributed by atoms with Gasteiger partial charge in [-0.25, -0.2) is 0 Å². The van der Waals surface area contributed by atoms with E-state index in [0.717, 1.165) is 12.8 Å². The fraction of sp³-hybridized carbons (Fsp3) is 0.917. The third-order valence-corrected chi connectivity index (χ3v) is 2.73. The highest BCUT2D eigenvalue weighted by molar-refractivity contribution is 5.76. The number of nitrogens with two attached hydrogens (primary N) is 1. The van der Waals surface area contributed by atoms with Crippen molar-refractivity contribution in [1.82, 2.24) is 5.32 Å². The van der Waals surface area contributed by atoms with E-state index in [1.165, 1.54) is 0 Å². The van der Waals surface area contributed by atoms with Crippen LogP contribution in [0.25, 0.3) is 0 Å². The van der Waals surface area contributed by atoms with Crippen molar-refractivity contribution >= 4 is 5.91 Å². The molecule has 0 bridgehead atoms. The van der Waals surface area contributed by atoms with Gasteiger partial charge in [-0.15, -0.1) is 0 Å². The summed E-state index contributed by atoms with van der Waals surface area (Å²) in [6.45, 7) is 6.72. The number of nitrogens with one attached hydrogen (secondary N) is 1. The fourth-order valence-electron chi connectivity index (χ4n) is 1.69. The van der Waals surface area contributed by atoms with Crippen molar-refractivity contribution in [2.75, 3.05) is 13.2 Å². The molecule has 0 aliphatic rings. The number of hydrogen-bond donors (Lipinski definition) is 3. The minimum absolute atomic E-state index is 0.00278. The topological polar surface area (TPSA) is 75.4 Å². The first-order valence-electron chi connectivity index (χ1n) is 6.13. The predicted molar refractivity (Wildman–Crippen MR) is 65.9 cm³/mol. The van der Waals surface area contributed by atoms with Crippen molar-refractivity contribution in [3.05, 3.63) is 0 Å². The molecule has 0 saturated carbocycles. The van der Waals surface area contributed by atoms with Crippen molar-refractivity contribution < 1.29 is 9.90 Å². The van der Waals surface area contributed by atoms with E-state index in [-0.39, 0.29) is 24.5 Å². The highest BCUT2D eigenvalue weighted by Crippen LogP contribution is 2.08. The molecular formula is C12H26N2O2. The maximum atomic E-state index is 11.6. The molecule has 0 rings (SSSR count). The standard InChI is InChI=1S/C12H26N2O2/c1-4-10(7-13)6-12(16)14-11(8-15)5-9(2)3/h9-11,15H,4-8,13H2,1-3H3,(H,14,16). The lowest BCUT2D eigenvalue weighted by Crippen LogP contribution is -2.39. The molecule has 0 saturated heterocycles. The molecule has 0 aliphatic heterocycles. The molecule has 2 unspecified atom stereocenters. The Morgan fingerprint density at radius 3 is 2.44 bits per heavy atom. The van der Waals surface area contributed by atoms with E-state index in [0.29, 0.717) is 18.9 Å². The number of amides is 1. The van der Waals surface area contributed by atoms with Crippen molar-refractivity contribution in [2.45, 2.75) is 46.1 Å². The largest absolute Gasteiger partial charge is 0.394 e. The van der Waals surface area contributed by atoms with Gasteiger partial charge < -0.3 is 16.2 Å². The van der Waals surface area contributed by atoms with Crippen LogP contribution >= 0.6 is 0 Å². The van der Waals surface area contributed by atoms with Crippen LogP contribution in [0.3, 0.4) is 0 Å². The van der Waals surface area contributed by atoms with Crippen LogP contribution in [0.5, 0.6) is 0 Å². The summed E-state index contributed by atoms with van der Waals surface area (Å²) >= 11 is 0. The summed E-state index contributed by atoms with van der Waals surface area (Å²) in [6, 6.07) is -0.122. The van der Waals surface area contributed by atoms with Crippen molar-refractivity contribution in [1.29, 1.82) is 0 Å². The molecule has 0 aromatic heterocycles. The minimum Gasteiger partial charge on any atom is -0.394 e. The van der Waals surface area contributed by atoms with Crippen LogP contribution < -0.4 is 11.1 Å². The lowest BCUT2D eigenvalue weighted by Gasteiger charge is -2.19. The van der Waals surface area contributed by atoms with E-state index >= 15 is 0 Å². The molecule has 4 N–H and O–H groups in total. The van der Waals surface area contributed by atoms with Crippen LogP contribution in [0, 0.1) is 11.8 Å². The first kappa shape index (κ1) is 15.4. The summed E-state index contributed by atoms with van der Waals surface area (Å²) in [5.41, 5.74) is 5.55. The molecule has 0 radical (unpaired) electrons. The molecule has 1 amide bonds. The molecule has 4 heteroatoms. The average molecular weight is 230 g/mol. The van der Waals surface area contributed by atoms with Crippen LogP contribution in [0.1, 0.15) is 40.0 Å². The van der Waals surface area contributed by atoms with Crippen molar-refractivity contribution in [2.24, 2.45) is 17.6 Å². The van der Waals surface area contributed by atoms with Gasteiger partial charge in [-0.1, -0.05) is 27.2 Å². The number of aliphatic hydroxyl groups is 1. The second-order valence-electron chi connectivity index (χ2n) is 4.79. The number of aliphatic hydroxyl groups excluding tert-OH is 1. The smallest absolute Gasteiger partial charge is 0.220 e. The maximum Gasteiger partial charge on any atom is 0.220 e. The first-order chi connectivity index (χ1) is 7.53. The Labute approximate surface area is 98.6 Å². The SMILES string of the molecule is CCC(CN)CC(=O)NC(CO)CC(C)C. The van der Waals surface area contributed by atoms with Gasteiger partial charge in [0.25, 0.3) is 0 Å². The van der Waals surface area contributed by atoms with Crippen LogP contribution in [-0.2, 0) is 4.79 Å². The van der Waals surface area contributed by atoms with E-state index in [1.54, 1.807) is 0 Å². The minimum atomic E-state index is -0.122. The van der Waals surface area contributed by atoms with Crippen LogP contribution in [0.15, 0.2) is 0 Å². The zero-order chi connectivity index (χ0) is 12.6. The first-order valence-corrected chi connectivity index (χ1v) is 6.13. The van der Waals surface area contributed by atoms with E-state index in [4.69, 9.17) is 10.8 Å². The lowest BCUT2D eigenvalue weighted by molar-refractivity contribution is -0.123. The van der Waals surface area contributed by atoms with E-state index in [2.05, 4.69) is 19.2 Å². The number of hydrogen-bond acceptors (Lipinski definition) is 3. The highest BCUT2D eigenvalue weighted by atomic mass is 16.3. The molecule has 2 atom stereocenters. The summed E-state index contributed by atoms with van der Waals surface area (Å²) in [4.78, 5) is 11.6. The van der Waals surface area contributed by atoms with Crippen LogP contribution in [0.2, 0.25) is 0 Å². The quantitative estimate of drug-likeness (QED) is 0.579. The number of carbonyl (C=O) groups excluding carboxylic acids is 1. The maximum absolute atomic E-state index is 11.6. The molecule has 0 aromatic carbocycles. The van der Waals surface area contributed by atoms with Gasteiger partial charge in [-0.3, -0.25) is 4.79 Å². The highest BCUT2D eigenvalue weighted by Gasteiger charge is 2.15. The zero-order valence-electron chi connectivity index (χ0n) is 10.7. The van der Waals surface area contributed by atoms with E-state index < -0.39 is 0 Å². The Kier molecular flexibility index (Phi) is 8.21. The summed E-state index contributed by atoms with van der Waals surface area (Å²) in [7, 11) is 0. The third kappa shape index (κ3) is 6.80. The van der Waals surface area contributed by atoms with Crippen molar-refractivity contribution in [3.63, 3.8) is 0 Å². The van der Waals surface area contributed by atoms with Gasteiger partial charge in [-0.05, 0) is 24.8 Å². The fourth-order valence-corrected chi connectivity index (χ4v) is 1.69. The van der Waals surface area contributed by atoms with E-state index in [1.807, 2.05) is 6.92 Å².